The van der Waals surface area contributed by atoms with Crippen LogP contribution in [-0.2, 0) is 22.6 Å². The minimum absolute atomic E-state index is 0.00706. The Balaban J connectivity index is 1.32. The van der Waals surface area contributed by atoms with Gasteiger partial charge in [0.25, 0.3) is 0 Å². The summed E-state index contributed by atoms with van der Waals surface area (Å²) in [5, 5.41) is 10.2. The van der Waals surface area contributed by atoms with Crippen LogP contribution in [0.3, 0.4) is 0 Å². The third-order valence-corrected chi connectivity index (χ3v) is 6.40. The predicted octanol–water partition coefficient (Wildman–Crippen LogP) is 3.26. The number of carbonyl (C=O) groups excluding carboxylic acids is 2. The van der Waals surface area contributed by atoms with Crippen LogP contribution in [0.5, 0.6) is 0 Å². The summed E-state index contributed by atoms with van der Waals surface area (Å²) in [6.45, 7) is 6.97. The number of aromatic nitrogens is 3. The number of aryl methyl sites for hydroxylation is 2. The Morgan fingerprint density at radius 3 is 2.56 bits per heavy atom. The molecule has 0 radical (unpaired) electrons. The molecule has 0 spiro atoms. The summed E-state index contributed by atoms with van der Waals surface area (Å²) in [6.07, 6.45) is 0.865. The number of hydrogen-bond donors (Lipinski definition) is 2. The van der Waals surface area contributed by atoms with E-state index in [1.807, 2.05) is 60.4 Å². The van der Waals surface area contributed by atoms with Crippen molar-refractivity contribution in [1.82, 2.24) is 24.6 Å². The molecular weight excluding hydrogens is 448 g/mol. The van der Waals surface area contributed by atoms with E-state index in [0.717, 1.165) is 28.8 Å². The lowest BCUT2D eigenvalue weighted by Crippen LogP contribution is -2.51. The van der Waals surface area contributed by atoms with Gasteiger partial charge in [0.1, 0.15) is 6.54 Å². The minimum Gasteiger partial charge on any atom is -0.339 e. The summed E-state index contributed by atoms with van der Waals surface area (Å²) < 4.78 is 2.17. The molecule has 2 N–H and O–H groups in total. The number of nitrogens with one attached hydrogen (secondary N) is 2. The van der Waals surface area contributed by atoms with Gasteiger partial charge in [-0.3, -0.25) is 24.2 Å². The van der Waals surface area contributed by atoms with Crippen LogP contribution in [0, 0.1) is 11.7 Å². The fourth-order valence-corrected chi connectivity index (χ4v) is 4.40. The Hall–Kier alpha value is -3.30. The minimum atomic E-state index is -0.0341. The quantitative estimate of drug-likeness (QED) is 0.509. The largest absolute Gasteiger partial charge is 0.339 e. The van der Waals surface area contributed by atoms with E-state index in [4.69, 9.17) is 12.2 Å². The van der Waals surface area contributed by atoms with Crippen molar-refractivity contribution in [2.24, 2.45) is 0 Å². The molecule has 2 amide bonds. The zero-order chi connectivity index (χ0) is 24.1. The molecule has 2 heterocycles. The molecular formula is C25H30N6O2S. The highest BCUT2D eigenvalue weighted by Crippen LogP contribution is 2.19. The molecule has 1 aliphatic heterocycles. The summed E-state index contributed by atoms with van der Waals surface area (Å²) in [6, 6.07) is 15.8. The first-order valence-corrected chi connectivity index (χ1v) is 12.0. The second-order valence-electron chi connectivity index (χ2n) is 8.52. The van der Waals surface area contributed by atoms with Crippen LogP contribution in [0.25, 0.3) is 11.4 Å². The average Bonchev–Trinajstić information content (AvgIpc) is 3.19. The number of nitrogens with zero attached hydrogens (tertiary/aromatic N) is 4. The van der Waals surface area contributed by atoms with Gasteiger partial charge < -0.3 is 10.2 Å². The zero-order valence-electron chi connectivity index (χ0n) is 19.6. The topological polar surface area (TPSA) is 86.3 Å². The first kappa shape index (κ1) is 23.8. The molecule has 0 atom stereocenters. The summed E-state index contributed by atoms with van der Waals surface area (Å²) in [4.78, 5) is 29.5. The van der Waals surface area contributed by atoms with Crippen LogP contribution in [0.15, 0.2) is 48.5 Å². The number of amides is 2. The van der Waals surface area contributed by atoms with E-state index >= 15 is 0 Å². The van der Waals surface area contributed by atoms with Crippen molar-refractivity contribution in [3.63, 3.8) is 0 Å². The van der Waals surface area contributed by atoms with Gasteiger partial charge in [-0.15, -0.1) is 0 Å². The highest BCUT2D eigenvalue weighted by Gasteiger charge is 2.24. The molecule has 0 bridgehead atoms. The fraction of sp³-hybridized carbons (Fsp3) is 0.360. The number of aromatic amines is 1. The SMILES string of the molecule is CCc1ccccc1NC(=O)CN1CCN(C(=O)Cn2c(-c3cccc(C)c3)n[nH]c2=S)CC1. The van der Waals surface area contributed by atoms with Gasteiger partial charge in [0.2, 0.25) is 11.8 Å². The average molecular weight is 479 g/mol. The summed E-state index contributed by atoms with van der Waals surface area (Å²) in [5.74, 6) is 0.616. The summed E-state index contributed by atoms with van der Waals surface area (Å²) >= 11 is 5.38. The van der Waals surface area contributed by atoms with E-state index in [-0.39, 0.29) is 18.4 Å². The normalized spacial score (nSPS) is 14.2. The molecule has 0 unspecified atom stereocenters. The van der Waals surface area contributed by atoms with Gasteiger partial charge in [-0.1, -0.05) is 48.9 Å². The Kier molecular flexibility index (Phi) is 7.54. The van der Waals surface area contributed by atoms with Crippen molar-refractivity contribution in [2.75, 3.05) is 38.0 Å². The lowest BCUT2D eigenvalue weighted by atomic mass is 10.1. The maximum absolute atomic E-state index is 13.0. The van der Waals surface area contributed by atoms with Crippen LogP contribution in [-0.4, -0.2) is 69.1 Å². The van der Waals surface area contributed by atoms with Crippen molar-refractivity contribution in [3.05, 3.63) is 64.4 Å². The van der Waals surface area contributed by atoms with E-state index in [1.54, 1.807) is 4.57 Å². The predicted molar refractivity (Wildman–Crippen MR) is 135 cm³/mol. The molecule has 2 aromatic carbocycles. The molecule has 0 aliphatic carbocycles. The van der Waals surface area contributed by atoms with E-state index in [2.05, 4.69) is 27.3 Å². The standard InChI is InChI=1S/C25H30N6O2S/c1-3-19-8-4-5-10-21(19)26-22(32)16-29-11-13-30(14-12-29)23(33)17-31-24(27-28-25(31)34)20-9-6-7-18(2)15-20/h4-10,15H,3,11-14,16-17H2,1-2H3,(H,26,32)(H,28,34). The van der Waals surface area contributed by atoms with Gasteiger partial charge in [0.05, 0.1) is 6.54 Å². The number of piperazine rings is 1. The number of hydrogen-bond acceptors (Lipinski definition) is 5. The monoisotopic (exact) mass is 478 g/mol. The lowest BCUT2D eigenvalue weighted by molar-refractivity contribution is -0.133. The number of anilines is 1. The Morgan fingerprint density at radius 1 is 1.06 bits per heavy atom. The first-order chi connectivity index (χ1) is 16.4. The molecule has 9 heteroatoms. The zero-order valence-corrected chi connectivity index (χ0v) is 20.4. The van der Waals surface area contributed by atoms with Gasteiger partial charge in [-0.25, -0.2) is 0 Å². The lowest BCUT2D eigenvalue weighted by Gasteiger charge is -2.34. The Morgan fingerprint density at radius 2 is 1.82 bits per heavy atom. The van der Waals surface area contributed by atoms with Crippen LogP contribution in [0.4, 0.5) is 5.69 Å². The maximum atomic E-state index is 13.0. The molecule has 4 rings (SSSR count). The molecule has 34 heavy (non-hydrogen) atoms. The molecule has 178 valence electrons. The fourth-order valence-electron chi connectivity index (χ4n) is 4.20. The number of rotatable bonds is 7. The molecule has 0 saturated carbocycles. The van der Waals surface area contributed by atoms with Crippen molar-refractivity contribution in [2.45, 2.75) is 26.8 Å². The highest BCUT2D eigenvalue weighted by molar-refractivity contribution is 7.71. The number of benzene rings is 2. The van der Waals surface area contributed by atoms with E-state index in [0.29, 0.717) is 43.3 Å². The molecule has 1 aliphatic rings. The Bertz CT molecular complexity index is 1230. The van der Waals surface area contributed by atoms with Crippen molar-refractivity contribution < 1.29 is 9.59 Å². The van der Waals surface area contributed by atoms with Crippen LogP contribution in [0.1, 0.15) is 18.1 Å². The molecule has 1 saturated heterocycles. The van der Waals surface area contributed by atoms with E-state index < -0.39 is 0 Å². The van der Waals surface area contributed by atoms with Crippen molar-refractivity contribution in [1.29, 1.82) is 0 Å². The Labute approximate surface area is 204 Å². The molecule has 3 aromatic rings. The van der Waals surface area contributed by atoms with Gasteiger partial charge in [-0.2, -0.15) is 5.10 Å². The number of carbonyl (C=O) groups is 2. The van der Waals surface area contributed by atoms with Gasteiger partial charge >= 0.3 is 0 Å². The van der Waals surface area contributed by atoms with Crippen LogP contribution < -0.4 is 5.32 Å². The summed E-state index contributed by atoms with van der Waals surface area (Å²) in [7, 11) is 0. The van der Waals surface area contributed by atoms with Crippen molar-refractivity contribution in [3.8, 4) is 11.4 Å². The third-order valence-electron chi connectivity index (χ3n) is 6.09. The summed E-state index contributed by atoms with van der Waals surface area (Å²) in [5.41, 5.74) is 4.02. The molecule has 1 fully saturated rings. The van der Waals surface area contributed by atoms with Crippen LogP contribution in [0.2, 0.25) is 0 Å². The second kappa shape index (κ2) is 10.8. The molecule has 8 nitrogen and oxygen atoms in total. The van der Waals surface area contributed by atoms with Crippen molar-refractivity contribution >= 4 is 29.7 Å². The van der Waals surface area contributed by atoms with Crippen LogP contribution >= 0.6 is 12.2 Å². The smallest absolute Gasteiger partial charge is 0.242 e. The maximum Gasteiger partial charge on any atom is 0.242 e. The highest BCUT2D eigenvalue weighted by atomic mass is 32.1. The second-order valence-corrected chi connectivity index (χ2v) is 8.91. The number of para-hydroxylation sites is 1. The van der Waals surface area contributed by atoms with Gasteiger partial charge in [0, 0.05) is 37.4 Å². The first-order valence-electron chi connectivity index (χ1n) is 11.5. The third kappa shape index (κ3) is 5.60. The van der Waals surface area contributed by atoms with E-state index in [9.17, 15) is 9.59 Å². The van der Waals surface area contributed by atoms with Gasteiger partial charge in [0.15, 0.2) is 10.6 Å². The van der Waals surface area contributed by atoms with Gasteiger partial charge in [-0.05, 0) is 43.3 Å². The molecule has 1 aromatic heterocycles. The number of H-pyrrole nitrogens is 1. The van der Waals surface area contributed by atoms with E-state index in [1.165, 1.54) is 0 Å².